The van der Waals surface area contributed by atoms with Crippen molar-refractivity contribution in [3.63, 3.8) is 0 Å². The first-order chi connectivity index (χ1) is 17.5. The molecule has 1 saturated heterocycles. The molecule has 1 fully saturated rings. The molecule has 3 aromatic carbocycles. The number of amides is 3. The summed E-state index contributed by atoms with van der Waals surface area (Å²) in [4.78, 5) is 38.9. The highest BCUT2D eigenvalue weighted by molar-refractivity contribution is 8.01. The van der Waals surface area contributed by atoms with E-state index in [9.17, 15) is 22.8 Å². The molecule has 0 spiro atoms. The predicted molar refractivity (Wildman–Crippen MR) is 145 cm³/mol. The quantitative estimate of drug-likeness (QED) is 0.392. The number of imide groups is 1. The summed E-state index contributed by atoms with van der Waals surface area (Å²) in [6.45, 7) is 5.51. The Morgan fingerprint density at radius 1 is 0.973 bits per heavy atom. The van der Waals surface area contributed by atoms with Crippen molar-refractivity contribution < 1.29 is 22.8 Å². The maximum atomic E-state index is 13.2. The van der Waals surface area contributed by atoms with Crippen LogP contribution in [0.15, 0.2) is 82.6 Å². The largest absolute Gasteiger partial charge is 0.326 e. The first-order valence-corrected chi connectivity index (χ1v) is 14.0. The van der Waals surface area contributed by atoms with Gasteiger partial charge in [-0.2, -0.15) is 0 Å². The molecule has 0 aliphatic carbocycles. The smallest absolute Gasteiger partial charge is 0.261 e. The molecule has 1 aliphatic heterocycles. The molecule has 0 bridgehead atoms. The second-order valence-electron chi connectivity index (χ2n) is 8.93. The molecule has 4 rings (SSSR count). The summed E-state index contributed by atoms with van der Waals surface area (Å²) in [5.74, 6) is -0.556. The number of nitrogens with zero attached hydrogens (tertiary/aromatic N) is 1. The van der Waals surface area contributed by atoms with E-state index < -0.39 is 15.3 Å². The summed E-state index contributed by atoms with van der Waals surface area (Å²) < 4.78 is 28.6. The SMILES string of the molecule is CC(=O)Nc1ccc(S(=O)(=O)Nc2ccccc2SC2CC(=O)N(c3ccc(C(C)C)cc3)C2=O)cc1. The number of thioether (sulfide) groups is 1. The van der Waals surface area contributed by atoms with Crippen molar-refractivity contribution in [2.24, 2.45) is 0 Å². The van der Waals surface area contributed by atoms with Crippen LogP contribution in [0, 0.1) is 0 Å². The second-order valence-corrected chi connectivity index (χ2v) is 11.9. The topological polar surface area (TPSA) is 113 Å². The zero-order valence-corrected chi connectivity index (χ0v) is 22.2. The Kier molecular flexibility index (Phi) is 7.70. The Labute approximate surface area is 220 Å². The first kappa shape index (κ1) is 26.4. The van der Waals surface area contributed by atoms with Crippen LogP contribution in [-0.2, 0) is 24.4 Å². The highest BCUT2D eigenvalue weighted by Gasteiger charge is 2.40. The molecule has 10 heteroatoms. The van der Waals surface area contributed by atoms with E-state index in [1.165, 1.54) is 36.1 Å². The van der Waals surface area contributed by atoms with Gasteiger partial charge in [-0.25, -0.2) is 13.3 Å². The lowest BCUT2D eigenvalue weighted by Gasteiger charge is -2.17. The highest BCUT2D eigenvalue weighted by atomic mass is 32.2. The van der Waals surface area contributed by atoms with E-state index >= 15 is 0 Å². The van der Waals surface area contributed by atoms with Gasteiger partial charge in [0.2, 0.25) is 17.7 Å². The van der Waals surface area contributed by atoms with Crippen LogP contribution in [0.1, 0.15) is 38.7 Å². The minimum atomic E-state index is -3.94. The number of anilines is 3. The molecule has 1 unspecified atom stereocenters. The van der Waals surface area contributed by atoms with E-state index in [0.717, 1.165) is 17.3 Å². The number of para-hydroxylation sites is 1. The number of rotatable bonds is 8. The molecule has 3 amide bonds. The molecule has 0 radical (unpaired) electrons. The number of nitrogens with one attached hydrogen (secondary N) is 2. The Bertz CT molecular complexity index is 1440. The van der Waals surface area contributed by atoms with Gasteiger partial charge >= 0.3 is 0 Å². The van der Waals surface area contributed by atoms with Crippen LogP contribution in [0.3, 0.4) is 0 Å². The van der Waals surface area contributed by atoms with E-state index in [1.54, 1.807) is 36.4 Å². The van der Waals surface area contributed by atoms with Gasteiger partial charge in [-0.3, -0.25) is 19.1 Å². The molecule has 3 aromatic rings. The highest BCUT2D eigenvalue weighted by Crippen LogP contribution is 2.38. The maximum Gasteiger partial charge on any atom is 0.261 e. The summed E-state index contributed by atoms with van der Waals surface area (Å²) in [5, 5.41) is 1.91. The number of hydrogen-bond acceptors (Lipinski definition) is 6. The molecule has 37 heavy (non-hydrogen) atoms. The first-order valence-electron chi connectivity index (χ1n) is 11.7. The van der Waals surface area contributed by atoms with Crippen molar-refractivity contribution in [2.45, 2.75) is 48.2 Å². The summed E-state index contributed by atoms with van der Waals surface area (Å²) in [6, 6.07) is 19.9. The zero-order chi connectivity index (χ0) is 26.7. The lowest BCUT2D eigenvalue weighted by Crippen LogP contribution is -2.31. The van der Waals surface area contributed by atoms with E-state index in [2.05, 4.69) is 23.9 Å². The standard InChI is InChI=1S/C27H27N3O5S2/c1-17(2)19-8-12-21(13-9-19)30-26(32)16-25(27(30)33)36-24-7-5-4-6-23(24)29-37(34,35)22-14-10-20(11-15-22)28-18(3)31/h4-15,17,25,29H,16H2,1-3H3,(H,28,31). The molecular weight excluding hydrogens is 510 g/mol. The Hall–Kier alpha value is -3.63. The van der Waals surface area contributed by atoms with Crippen molar-refractivity contribution in [1.82, 2.24) is 0 Å². The van der Waals surface area contributed by atoms with Gasteiger partial charge in [0.25, 0.3) is 10.0 Å². The molecule has 1 aliphatic rings. The fourth-order valence-electron chi connectivity index (χ4n) is 3.91. The Balaban J connectivity index is 1.51. The number of carbonyl (C=O) groups excluding carboxylic acids is 3. The van der Waals surface area contributed by atoms with Crippen molar-refractivity contribution in [1.29, 1.82) is 0 Å². The van der Waals surface area contributed by atoms with Crippen LogP contribution in [0.5, 0.6) is 0 Å². The summed E-state index contributed by atoms with van der Waals surface area (Å²) in [5.41, 5.74) is 2.42. The number of carbonyl (C=O) groups is 3. The zero-order valence-electron chi connectivity index (χ0n) is 20.6. The van der Waals surface area contributed by atoms with E-state index in [0.29, 0.717) is 27.9 Å². The average molecular weight is 538 g/mol. The number of sulfonamides is 1. The summed E-state index contributed by atoms with van der Waals surface area (Å²) in [6.07, 6.45) is 0.0150. The molecule has 1 atom stereocenters. The summed E-state index contributed by atoms with van der Waals surface area (Å²) >= 11 is 1.15. The maximum absolute atomic E-state index is 13.2. The third kappa shape index (κ3) is 6.03. The van der Waals surface area contributed by atoms with Crippen LogP contribution in [0.4, 0.5) is 17.1 Å². The minimum Gasteiger partial charge on any atom is -0.326 e. The number of hydrogen-bond donors (Lipinski definition) is 2. The van der Waals surface area contributed by atoms with Crippen molar-refractivity contribution in [3.8, 4) is 0 Å². The minimum absolute atomic E-state index is 0.0150. The molecular formula is C27H27N3O5S2. The van der Waals surface area contributed by atoms with Crippen molar-refractivity contribution in [3.05, 3.63) is 78.4 Å². The monoisotopic (exact) mass is 537 g/mol. The fraction of sp³-hybridized carbons (Fsp3) is 0.222. The van der Waals surface area contributed by atoms with E-state index in [-0.39, 0.29) is 29.0 Å². The lowest BCUT2D eigenvalue weighted by atomic mass is 10.0. The van der Waals surface area contributed by atoms with Crippen LogP contribution in [0.2, 0.25) is 0 Å². The van der Waals surface area contributed by atoms with Gasteiger partial charge < -0.3 is 5.32 Å². The Morgan fingerprint density at radius 3 is 2.24 bits per heavy atom. The summed E-state index contributed by atoms with van der Waals surface area (Å²) in [7, 11) is -3.94. The molecule has 1 heterocycles. The fourth-order valence-corrected chi connectivity index (χ4v) is 6.19. The van der Waals surface area contributed by atoms with Gasteiger partial charge in [-0.15, -0.1) is 11.8 Å². The van der Waals surface area contributed by atoms with E-state index in [4.69, 9.17) is 0 Å². The van der Waals surface area contributed by atoms with Crippen LogP contribution < -0.4 is 14.9 Å². The van der Waals surface area contributed by atoms with Gasteiger partial charge in [-0.05, 0) is 60.0 Å². The van der Waals surface area contributed by atoms with Crippen LogP contribution in [0.25, 0.3) is 0 Å². The van der Waals surface area contributed by atoms with Crippen LogP contribution >= 0.6 is 11.8 Å². The van der Waals surface area contributed by atoms with Crippen molar-refractivity contribution in [2.75, 3.05) is 14.9 Å². The van der Waals surface area contributed by atoms with Gasteiger partial charge in [0.1, 0.15) is 0 Å². The van der Waals surface area contributed by atoms with Gasteiger partial charge in [0.15, 0.2) is 0 Å². The molecule has 0 saturated carbocycles. The van der Waals surface area contributed by atoms with Gasteiger partial charge in [0, 0.05) is 23.9 Å². The average Bonchev–Trinajstić information content (AvgIpc) is 3.12. The third-order valence-electron chi connectivity index (χ3n) is 5.81. The predicted octanol–water partition coefficient (Wildman–Crippen LogP) is 4.99. The molecule has 2 N–H and O–H groups in total. The van der Waals surface area contributed by atoms with Gasteiger partial charge in [-0.1, -0.05) is 38.1 Å². The van der Waals surface area contributed by atoms with E-state index in [1.807, 2.05) is 12.1 Å². The third-order valence-corrected chi connectivity index (χ3v) is 8.45. The van der Waals surface area contributed by atoms with Crippen LogP contribution in [-0.4, -0.2) is 31.4 Å². The van der Waals surface area contributed by atoms with Gasteiger partial charge in [0.05, 0.1) is 21.5 Å². The number of benzene rings is 3. The molecule has 8 nitrogen and oxygen atoms in total. The van der Waals surface area contributed by atoms with Crippen molar-refractivity contribution >= 4 is 56.6 Å². The second kappa shape index (κ2) is 10.8. The normalized spacial score (nSPS) is 15.8. The Morgan fingerprint density at radius 2 is 1.62 bits per heavy atom. The molecule has 192 valence electrons. The molecule has 0 aromatic heterocycles. The lowest BCUT2D eigenvalue weighted by molar-refractivity contribution is -0.121.